The lowest BCUT2D eigenvalue weighted by Gasteiger charge is -2.19. The summed E-state index contributed by atoms with van der Waals surface area (Å²) in [5.74, 6) is 0.897. The van der Waals surface area contributed by atoms with Crippen LogP contribution in [0.1, 0.15) is 19.4 Å². The number of aliphatic imine (C=N–C) groups is 1. The van der Waals surface area contributed by atoms with E-state index in [9.17, 15) is 8.78 Å². The molecule has 0 aliphatic carbocycles. The van der Waals surface area contributed by atoms with Crippen LogP contribution in [0.5, 0.6) is 5.75 Å². The van der Waals surface area contributed by atoms with Crippen molar-refractivity contribution >= 4 is 29.9 Å². The monoisotopic (exact) mass is 413 g/mol. The van der Waals surface area contributed by atoms with Crippen molar-refractivity contribution < 1.29 is 13.5 Å². The minimum atomic E-state index is -2.48. The molecule has 21 heavy (non-hydrogen) atoms. The summed E-state index contributed by atoms with van der Waals surface area (Å²) >= 11 is 0. The van der Waals surface area contributed by atoms with Gasteiger partial charge in [-0.2, -0.15) is 0 Å². The Bertz CT molecular complexity index is 440. The second kappa shape index (κ2) is 10.6. The highest BCUT2D eigenvalue weighted by atomic mass is 127. The van der Waals surface area contributed by atoms with Crippen molar-refractivity contribution in [2.24, 2.45) is 10.7 Å². The van der Waals surface area contributed by atoms with Crippen LogP contribution in [0.25, 0.3) is 0 Å². The average molecular weight is 413 g/mol. The molecule has 0 bridgehead atoms. The zero-order valence-electron chi connectivity index (χ0n) is 12.3. The summed E-state index contributed by atoms with van der Waals surface area (Å²) in [5, 5.41) is 0. The molecule has 0 heterocycles. The van der Waals surface area contributed by atoms with Gasteiger partial charge in [-0.15, -0.1) is 24.0 Å². The Labute approximate surface area is 141 Å². The third-order valence-electron chi connectivity index (χ3n) is 2.79. The molecule has 0 saturated heterocycles. The van der Waals surface area contributed by atoms with E-state index in [1.165, 1.54) is 0 Å². The van der Waals surface area contributed by atoms with Crippen molar-refractivity contribution in [3.05, 3.63) is 29.8 Å². The molecule has 4 nitrogen and oxygen atoms in total. The van der Waals surface area contributed by atoms with Crippen LogP contribution in [0.15, 0.2) is 29.3 Å². The molecule has 0 spiro atoms. The van der Waals surface area contributed by atoms with Crippen molar-refractivity contribution in [3.63, 3.8) is 0 Å². The summed E-state index contributed by atoms with van der Waals surface area (Å²) in [5.41, 5.74) is 6.74. The number of benzene rings is 1. The first-order chi connectivity index (χ1) is 9.56. The van der Waals surface area contributed by atoms with Gasteiger partial charge in [-0.25, -0.2) is 13.8 Å². The number of hydrogen-bond acceptors (Lipinski definition) is 2. The van der Waals surface area contributed by atoms with Gasteiger partial charge in [0.1, 0.15) is 12.4 Å². The minimum absolute atomic E-state index is 0. The van der Waals surface area contributed by atoms with Crippen molar-refractivity contribution in [3.8, 4) is 5.75 Å². The standard InChI is InChI=1S/C14H21F2N3O.HI/c1-3-19(4-2)14(17)18-9-11-6-5-7-12(8-11)20-10-13(15)16;/h5-8,13H,3-4,9-10H2,1-2H3,(H2,17,18);1H. The highest BCUT2D eigenvalue weighted by Crippen LogP contribution is 2.15. The largest absolute Gasteiger partial charge is 0.488 e. The van der Waals surface area contributed by atoms with E-state index >= 15 is 0 Å². The van der Waals surface area contributed by atoms with Crippen molar-refractivity contribution in [2.45, 2.75) is 26.8 Å². The first-order valence-electron chi connectivity index (χ1n) is 6.61. The minimum Gasteiger partial charge on any atom is -0.488 e. The van der Waals surface area contributed by atoms with E-state index in [1.807, 2.05) is 24.8 Å². The molecule has 7 heteroatoms. The van der Waals surface area contributed by atoms with Crippen molar-refractivity contribution in [1.82, 2.24) is 4.90 Å². The second-order valence-electron chi connectivity index (χ2n) is 4.20. The molecule has 0 unspecified atom stereocenters. The fraction of sp³-hybridized carbons (Fsp3) is 0.500. The molecule has 1 aromatic rings. The quantitative estimate of drug-likeness (QED) is 0.425. The third-order valence-corrected chi connectivity index (χ3v) is 2.79. The maximum atomic E-state index is 12.1. The Morgan fingerprint density at radius 1 is 1.33 bits per heavy atom. The van der Waals surface area contributed by atoms with E-state index in [0.717, 1.165) is 18.7 Å². The molecule has 0 fully saturated rings. The molecule has 0 amide bonds. The van der Waals surface area contributed by atoms with E-state index in [4.69, 9.17) is 10.5 Å². The van der Waals surface area contributed by atoms with E-state index in [2.05, 4.69) is 4.99 Å². The van der Waals surface area contributed by atoms with Gasteiger partial charge in [0.15, 0.2) is 5.96 Å². The maximum Gasteiger partial charge on any atom is 0.272 e. The van der Waals surface area contributed by atoms with Gasteiger partial charge in [-0.3, -0.25) is 0 Å². The first kappa shape index (κ1) is 19.9. The third kappa shape index (κ3) is 7.45. The summed E-state index contributed by atoms with van der Waals surface area (Å²) < 4.78 is 29.1. The van der Waals surface area contributed by atoms with Crippen LogP contribution in [-0.2, 0) is 6.54 Å². The number of ether oxygens (including phenoxy) is 1. The molecule has 0 radical (unpaired) electrons. The molecule has 0 aliphatic heterocycles. The van der Waals surface area contributed by atoms with Crippen molar-refractivity contribution in [1.29, 1.82) is 0 Å². The predicted molar refractivity (Wildman–Crippen MR) is 91.6 cm³/mol. The summed E-state index contributed by atoms with van der Waals surface area (Å²) in [6, 6.07) is 6.94. The summed E-state index contributed by atoms with van der Waals surface area (Å²) in [6.45, 7) is 5.39. The normalized spacial score (nSPS) is 11.2. The van der Waals surface area contributed by atoms with Crippen LogP contribution >= 0.6 is 24.0 Å². The summed E-state index contributed by atoms with van der Waals surface area (Å²) in [6.07, 6.45) is -2.48. The number of rotatable bonds is 7. The van der Waals surface area contributed by atoms with Crippen molar-refractivity contribution in [2.75, 3.05) is 19.7 Å². The lowest BCUT2D eigenvalue weighted by Crippen LogP contribution is -2.37. The van der Waals surface area contributed by atoms with E-state index in [-0.39, 0.29) is 24.0 Å². The lowest BCUT2D eigenvalue weighted by atomic mass is 10.2. The fourth-order valence-corrected chi connectivity index (χ4v) is 1.71. The van der Waals surface area contributed by atoms with Crippen LogP contribution in [-0.4, -0.2) is 37.0 Å². The zero-order valence-corrected chi connectivity index (χ0v) is 14.6. The smallest absolute Gasteiger partial charge is 0.272 e. The van der Waals surface area contributed by atoms with Gasteiger partial charge < -0.3 is 15.4 Å². The topological polar surface area (TPSA) is 50.8 Å². The molecule has 1 aromatic carbocycles. The fourth-order valence-electron chi connectivity index (χ4n) is 1.71. The Kier molecular flexibility index (Phi) is 10.0. The average Bonchev–Trinajstić information content (AvgIpc) is 2.44. The van der Waals surface area contributed by atoms with E-state index in [1.54, 1.807) is 18.2 Å². The Morgan fingerprint density at radius 2 is 2.00 bits per heavy atom. The summed E-state index contributed by atoms with van der Waals surface area (Å²) in [7, 11) is 0. The van der Waals surface area contributed by atoms with Crippen LogP contribution < -0.4 is 10.5 Å². The Balaban J connectivity index is 0.00000400. The number of alkyl halides is 2. The van der Waals surface area contributed by atoms with Gasteiger partial charge in [0.05, 0.1) is 6.54 Å². The molecule has 2 N–H and O–H groups in total. The maximum absolute atomic E-state index is 12.1. The van der Waals surface area contributed by atoms with E-state index in [0.29, 0.717) is 18.3 Å². The van der Waals surface area contributed by atoms with Gasteiger partial charge >= 0.3 is 0 Å². The number of nitrogens with two attached hydrogens (primary N) is 1. The number of nitrogens with zero attached hydrogens (tertiary/aromatic N) is 2. The molecular weight excluding hydrogens is 391 g/mol. The SMILES string of the molecule is CCN(CC)C(N)=NCc1cccc(OCC(F)F)c1.I. The number of guanidine groups is 1. The van der Waals surface area contributed by atoms with Crippen LogP contribution in [0.2, 0.25) is 0 Å². The molecule has 1 rings (SSSR count). The molecule has 0 saturated carbocycles. The first-order valence-corrected chi connectivity index (χ1v) is 6.61. The van der Waals surface area contributed by atoms with Gasteiger partial charge in [0.25, 0.3) is 6.43 Å². The highest BCUT2D eigenvalue weighted by molar-refractivity contribution is 14.0. The van der Waals surface area contributed by atoms with Gasteiger partial charge in [0.2, 0.25) is 0 Å². The lowest BCUT2D eigenvalue weighted by molar-refractivity contribution is 0.0818. The Morgan fingerprint density at radius 3 is 2.57 bits per heavy atom. The Hall–Kier alpha value is -1.12. The van der Waals surface area contributed by atoms with Crippen LogP contribution in [0, 0.1) is 0 Å². The highest BCUT2D eigenvalue weighted by Gasteiger charge is 2.05. The zero-order chi connectivity index (χ0) is 15.0. The predicted octanol–water partition coefficient (Wildman–Crippen LogP) is 3.11. The van der Waals surface area contributed by atoms with Gasteiger partial charge in [0, 0.05) is 13.1 Å². The molecule has 0 atom stereocenters. The molecular formula is C14H22F2IN3O. The second-order valence-corrected chi connectivity index (χ2v) is 4.20. The number of halogens is 3. The van der Waals surface area contributed by atoms with Gasteiger partial charge in [-0.1, -0.05) is 12.1 Å². The summed E-state index contributed by atoms with van der Waals surface area (Å²) in [4.78, 5) is 6.23. The van der Waals surface area contributed by atoms with E-state index < -0.39 is 13.0 Å². The van der Waals surface area contributed by atoms with Gasteiger partial charge in [-0.05, 0) is 31.5 Å². The number of hydrogen-bond donors (Lipinski definition) is 1. The molecule has 0 aromatic heterocycles. The molecule has 0 aliphatic rings. The molecule has 120 valence electrons. The van der Waals surface area contributed by atoms with Crippen LogP contribution in [0.4, 0.5) is 8.78 Å². The van der Waals surface area contributed by atoms with Crippen LogP contribution in [0.3, 0.4) is 0 Å².